The number of halogens is 1. The Balaban J connectivity index is 0.000000659. The lowest BCUT2D eigenvalue weighted by Crippen LogP contribution is -2.27. The molecular formula is C16H25BrO. The first kappa shape index (κ1) is 17.4. The average Bonchev–Trinajstić information content (AvgIpc) is 2.39. The third-order valence-electron chi connectivity index (χ3n) is 2.99. The molecule has 0 saturated heterocycles. The van der Waals surface area contributed by atoms with Crippen molar-refractivity contribution in [2.75, 3.05) is 0 Å². The van der Waals surface area contributed by atoms with Crippen LogP contribution in [0.2, 0.25) is 0 Å². The highest BCUT2D eigenvalue weighted by Gasteiger charge is 2.31. The minimum Gasteiger partial charge on any atom is -0.294 e. The van der Waals surface area contributed by atoms with Crippen molar-refractivity contribution in [3.8, 4) is 0 Å². The summed E-state index contributed by atoms with van der Waals surface area (Å²) >= 11 is 3.40. The van der Waals surface area contributed by atoms with E-state index >= 15 is 0 Å². The maximum Gasteiger partial charge on any atom is 0.163 e. The lowest BCUT2D eigenvalue weighted by Gasteiger charge is -2.31. The fraction of sp³-hybridized carbons (Fsp3) is 0.562. The number of hydrogen-bond donors (Lipinski definition) is 0. The van der Waals surface area contributed by atoms with Crippen LogP contribution in [0.1, 0.15) is 70.3 Å². The highest BCUT2D eigenvalue weighted by molar-refractivity contribution is 9.10. The summed E-state index contributed by atoms with van der Waals surface area (Å²) < 4.78 is 0.988. The summed E-state index contributed by atoms with van der Waals surface area (Å²) in [5, 5.41) is 0. The number of carbonyl (C=O) groups excluding carboxylic acids is 1. The van der Waals surface area contributed by atoms with Gasteiger partial charge in [0.05, 0.1) is 0 Å². The van der Waals surface area contributed by atoms with Crippen LogP contribution in [0.15, 0.2) is 22.7 Å². The van der Waals surface area contributed by atoms with Crippen LogP contribution in [0.25, 0.3) is 0 Å². The molecule has 0 aromatic heterocycles. The topological polar surface area (TPSA) is 17.1 Å². The molecule has 0 unspecified atom stereocenters. The SMILES string of the molecule is CC.CC.CC1(C)CCC(=O)c2cc(Br)ccc21. The molecule has 0 bridgehead atoms. The van der Waals surface area contributed by atoms with Gasteiger partial charge in [-0.25, -0.2) is 0 Å². The lowest BCUT2D eigenvalue weighted by molar-refractivity contribution is 0.0956. The molecule has 0 heterocycles. The van der Waals surface area contributed by atoms with Crippen LogP contribution >= 0.6 is 15.9 Å². The van der Waals surface area contributed by atoms with Gasteiger partial charge in [0, 0.05) is 16.5 Å². The Morgan fingerprint density at radius 1 is 1.11 bits per heavy atom. The second kappa shape index (κ2) is 7.73. The second-order valence-corrected chi connectivity index (χ2v) is 5.41. The van der Waals surface area contributed by atoms with Gasteiger partial charge in [-0.15, -0.1) is 0 Å². The standard InChI is InChI=1S/C12H13BrO.2C2H6/c1-12(2)6-5-11(14)9-7-8(13)3-4-10(9)12;2*1-2/h3-4,7H,5-6H2,1-2H3;2*1-2H3. The number of benzene rings is 1. The Morgan fingerprint density at radius 2 is 1.67 bits per heavy atom. The third-order valence-corrected chi connectivity index (χ3v) is 3.48. The van der Waals surface area contributed by atoms with E-state index in [-0.39, 0.29) is 11.2 Å². The Kier molecular flexibility index (Phi) is 7.46. The minimum atomic E-state index is 0.143. The van der Waals surface area contributed by atoms with Gasteiger partial charge in [0.15, 0.2) is 5.78 Å². The molecule has 0 spiro atoms. The van der Waals surface area contributed by atoms with Gasteiger partial charge in [-0.05, 0) is 29.5 Å². The molecule has 0 saturated carbocycles. The summed E-state index contributed by atoms with van der Waals surface area (Å²) in [7, 11) is 0. The Labute approximate surface area is 120 Å². The summed E-state index contributed by atoms with van der Waals surface area (Å²) in [6.07, 6.45) is 1.64. The van der Waals surface area contributed by atoms with Crippen molar-refractivity contribution in [1.82, 2.24) is 0 Å². The first-order valence-corrected chi connectivity index (χ1v) is 7.63. The van der Waals surface area contributed by atoms with Crippen molar-refractivity contribution in [1.29, 1.82) is 0 Å². The predicted molar refractivity (Wildman–Crippen MR) is 83.4 cm³/mol. The molecular weight excluding hydrogens is 288 g/mol. The molecule has 2 heteroatoms. The van der Waals surface area contributed by atoms with E-state index in [9.17, 15) is 4.79 Å². The van der Waals surface area contributed by atoms with Crippen LogP contribution in [0.4, 0.5) is 0 Å². The molecule has 1 aliphatic rings. The molecule has 1 nitrogen and oxygen atoms in total. The molecule has 1 aliphatic carbocycles. The smallest absolute Gasteiger partial charge is 0.163 e. The number of hydrogen-bond acceptors (Lipinski definition) is 1. The van der Waals surface area contributed by atoms with E-state index in [2.05, 4.69) is 35.8 Å². The molecule has 0 aliphatic heterocycles. The van der Waals surface area contributed by atoms with Crippen LogP contribution in [0.5, 0.6) is 0 Å². The van der Waals surface area contributed by atoms with E-state index in [4.69, 9.17) is 0 Å². The maximum absolute atomic E-state index is 11.7. The van der Waals surface area contributed by atoms with Gasteiger partial charge in [0.2, 0.25) is 0 Å². The largest absolute Gasteiger partial charge is 0.294 e. The van der Waals surface area contributed by atoms with Crippen LogP contribution < -0.4 is 0 Å². The third kappa shape index (κ3) is 3.94. The fourth-order valence-electron chi connectivity index (χ4n) is 2.03. The Hall–Kier alpha value is -0.630. The molecule has 1 aromatic carbocycles. The zero-order chi connectivity index (χ0) is 14.3. The number of carbonyl (C=O) groups is 1. The van der Waals surface area contributed by atoms with Crippen molar-refractivity contribution in [2.45, 2.75) is 59.8 Å². The number of ketones is 1. The zero-order valence-corrected chi connectivity index (χ0v) is 14.0. The van der Waals surface area contributed by atoms with Crippen LogP contribution in [0.3, 0.4) is 0 Å². The predicted octanol–water partition coefficient (Wildman–Crippen LogP) is 5.76. The summed E-state index contributed by atoms with van der Waals surface area (Å²) in [4.78, 5) is 11.7. The van der Waals surface area contributed by atoms with Gasteiger partial charge < -0.3 is 0 Å². The molecule has 2 rings (SSSR count). The van der Waals surface area contributed by atoms with E-state index in [1.165, 1.54) is 5.56 Å². The summed E-state index contributed by atoms with van der Waals surface area (Å²) in [5.41, 5.74) is 2.23. The normalized spacial score (nSPS) is 15.6. The fourth-order valence-corrected chi connectivity index (χ4v) is 2.39. The van der Waals surface area contributed by atoms with Gasteiger partial charge >= 0.3 is 0 Å². The van der Waals surface area contributed by atoms with Gasteiger partial charge in [-0.2, -0.15) is 0 Å². The van der Waals surface area contributed by atoms with Gasteiger partial charge in [0.25, 0.3) is 0 Å². The molecule has 1 aromatic rings. The molecule has 0 fully saturated rings. The molecule has 0 N–H and O–H groups in total. The first-order chi connectivity index (χ1) is 8.50. The number of rotatable bonds is 0. The van der Waals surface area contributed by atoms with Crippen LogP contribution in [-0.4, -0.2) is 5.78 Å². The molecule has 0 radical (unpaired) electrons. The summed E-state index contributed by atoms with van der Waals surface area (Å²) in [6.45, 7) is 12.4. The lowest BCUT2D eigenvalue weighted by atomic mass is 9.72. The highest BCUT2D eigenvalue weighted by atomic mass is 79.9. The van der Waals surface area contributed by atoms with Crippen molar-refractivity contribution >= 4 is 21.7 Å². The summed E-state index contributed by atoms with van der Waals surface area (Å²) in [5.74, 6) is 0.278. The van der Waals surface area contributed by atoms with Gasteiger partial charge in [-0.3, -0.25) is 4.79 Å². The summed E-state index contributed by atoms with van der Waals surface area (Å²) in [6, 6.07) is 6.02. The van der Waals surface area contributed by atoms with Crippen LogP contribution in [-0.2, 0) is 5.41 Å². The van der Waals surface area contributed by atoms with Gasteiger partial charge in [0.1, 0.15) is 0 Å². The maximum atomic E-state index is 11.7. The minimum absolute atomic E-state index is 0.143. The molecule has 102 valence electrons. The Bertz CT molecular complexity index is 394. The highest BCUT2D eigenvalue weighted by Crippen LogP contribution is 2.37. The van der Waals surface area contributed by atoms with Crippen molar-refractivity contribution in [3.63, 3.8) is 0 Å². The number of Topliss-reactive ketones (excluding diaryl/α,β-unsaturated/α-hetero) is 1. The van der Waals surface area contributed by atoms with Crippen molar-refractivity contribution in [2.24, 2.45) is 0 Å². The molecule has 0 amide bonds. The first-order valence-electron chi connectivity index (χ1n) is 6.84. The van der Waals surface area contributed by atoms with E-state index < -0.39 is 0 Å². The van der Waals surface area contributed by atoms with E-state index in [1.807, 2.05) is 39.8 Å². The van der Waals surface area contributed by atoms with Crippen LogP contribution in [0, 0.1) is 0 Å². The van der Waals surface area contributed by atoms with Crippen molar-refractivity contribution < 1.29 is 4.79 Å². The zero-order valence-electron chi connectivity index (χ0n) is 12.4. The monoisotopic (exact) mass is 312 g/mol. The number of fused-ring (bicyclic) bond motifs is 1. The Morgan fingerprint density at radius 3 is 2.22 bits per heavy atom. The van der Waals surface area contributed by atoms with Crippen molar-refractivity contribution in [3.05, 3.63) is 33.8 Å². The average molecular weight is 313 g/mol. The second-order valence-electron chi connectivity index (χ2n) is 4.50. The van der Waals surface area contributed by atoms with E-state index in [0.29, 0.717) is 6.42 Å². The van der Waals surface area contributed by atoms with E-state index in [1.54, 1.807) is 0 Å². The van der Waals surface area contributed by atoms with Gasteiger partial charge in [-0.1, -0.05) is 63.5 Å². The van der Waals surface area contributed by atoms with E-state index in [0.717, 1.165) is 16.5 Å². The molecule has 18 heavy (non-hydrogen) atoms. The quantitative estimate of drug-likeness (QED) is 0.595. The molecule has 0 atom stereocenters.